The maximum atomic E-state index is 13.8. The quantitative estimate of drug-likeness (QED) is 0.435. The highest BCUT2D eigenvalue weighted by molar-refractivity contribution is 6.45. The number of nitrogens with zero attached hydrogens (tertiary/aromatic N) is 1. The number of hydrogen-bond donors (Lipinski definition) is 1. The lowest BCUT2D eigenvalue weighted by atomic mass is 10.0. The molecule has 0 saturated carbocycles. The summed E-state index contributed by atoms with van der Waals surface area (Å²) < 4.78 is 57.3. The van der Waals surface area contributed by atoms with Crippen molar-refractivity contribution in [1.82, 2.24) is 5.32 Å². The van der Waals surface area contributed by atoms with E-state index in [9.17, 15) is 22.4 Å². The Kier molecular flexibility index (Phi) is 6.85. The van der Waals surface area contributed by atoms with Crippen LogP contribution in [0.1, 0.15) is 16.7 Å². The Bertz CT molecular complexity index is 901. The van der Waals surface area contributed by atoms with Crippen LogP contribution in [0.2, 0.25) is 5.02 Å². The molecule has 0 bridgehead atoms. The third kappa shape index (κ3) is 4.92. The summed E-state index contributed by atoms with van der Waals surface area (Å²) in [5.41, 5.74) is -0.696. The highest BCUT2D eigenvalue weighted by Gasteiger charge is 2.35. The number of halogens is 5. The largest absolute Gasteiger partial charge is 0.487 e. The molecule has 0 aromatic heterocycles. The van der Waals surface area contributed by atoms with Gasteiger partial charge in [0.1, 0.15) is 25.3 Å². The number of ether oxygens (including phenoxy) is 1. The van der Waals surface area contributed by atoms with Crippen molar-refractivity contribution >= 4 is 23.2 Å². The van der Waals surface area contributed by atoms with Crippen molar-refractivity contribution in [1.29, 1.82) is 0 Å². The first kappa shape index (κ1) is 21.5. The monoisotopic (exact) mass is 418 g/mol. The van der Waals surface area contributed by atoms with Crippen LogP contribution in [-0.4, -0.2) is 25.8 Å². The Morgan fingerprint density at radius 3 is 2.54 bits per heavy atom. The minimum absolute atomic E-state index is 0.0334. The summed E-state index contributed by atoms with van der Waals surface area (Å²) in [6.45, 7) is -0.208. The van der Waals surface area contributed by atoms with Crippen LogP contribution in [0.25, 0.3) is 0 Å². The van der Waals surface area contributed by atoms with Crippen LogP contribution < -0.4 is 10.1 Å². The van der Waals surface area contributed by atoms with E-state index < -0.39 is 28.5 Å². The van der Waals surface area contributed by atoms with Crippen LogP contribution in [-0.2, 0) is 22.4 Å². The van der Waals surface area contributed by atoms with E-state index in [1.165, 1.54) is 14.2 Å². The lowest BCUT2D eigenvalue weighted by Crippen LogP contribution is -2.29. The van der Waals surface area contributed by atoms with Crippen molar-refractivity contribution in [3.05, 3.63) is 63.9 Å². The molecule has 0 atom stereocenters. The van der Waals surface area contributed by atoms with Gasteiger partial charge >= 0.3 is 6.18 Å². The molecule has 0 heterocycles. The van der Waals surface area contributed by atoms with E-state index in [0.29, 0.717) is 23.3 Å². The summed E-state index contributed by atoms with van der Waals surface area (Å²) in [5, 5.41) is 5.71. The van der Waals surface area contributed by atoms with E-state index in [2.05, 4.69) is 15.3 Å². The zero-order valence-electron chi connectivity index (χ0n) is 14.7. The van der Waals surface area contributed by atoms with E-state index >= 15 is 0 Å². The molecule has 0 fully saturated rings. The van der Waals surface area contributed by atoms with Crippen molar-refractivity contribution in [3.63, 3.8) is 0 Å². The number of alkyl halides is 3. The minimum atomic E-state index is -4.88. The molecule has 0 aliphatic heterocycles. The van der Waals surface area contributed by atoms with Gasteiger partial charge in [-0.1, -0.05) is 41.0 Å². The van der Waals surface area contributed by atoms with E-state index in [1.54, 1.807) is 24.3 Å². The molecule has 0 radical (unpaired) electrons. The first-order valence-corrected chi connectivity index (χ1v) is 8.17. The number of nitrogens with one attached hydrogen (secondary N) is 1. The second-order valence-electron chi connectivity index (χ2n) is 5.41. The molecule has 0 spiro atoms. The summed E-state index contributed by atoms with van der Waals surface area (Å²) >= 11 is 5.80. The summed E-state index contributed by atoms with van der Waals surface area (Å²) in [7, 11) is 2.68. The highest BCUT2D eigenvalue weighted by Crippen LogP contribution is 2.37. The van der Waals surface area contributed by atoms with Crippen molar-refractivity contribution in [2.75, 3.05) is 14.2 Å². The lowest BCUT2D eigenvalue weighted by Gasteiger charge is -2.14. The summed E-state index contributed by atoms with van der Waals surface area (Å²) in [5.74, 6) is -2.30. The molecule has 28 heavy (non-hydrogen) atoms. The number of benzene rings is 2. The van der Waals surface area contributed by atoms with Gasteiger partial charge in [0.15, 0.2) is 5.71 Å². The Labute approximate surface area is 162 Å². The average molecular weight is 419 g/mol. The Morgan fingerprint density at radius 1 is 1.25 bits per heavy atom. The van der Waals surface area contributed by atoms with Gasteiger partial charge in [0.05, 0.1) is 10.6 Å². The van der Waals surface area contributed by atoms with Gasteiger partial charge in [-0.15, -0.1) is 0 Å². The van der Waals surface area contributed by atoms with Crippen LogP contribution in [0.4, 0.5) is 17.6 Å². The van der Waals surface area contributed by atoms with Gasteiger partial charge in [-0.05, 0) is 11.6 Å². The number of likely N-dealkylation sites (N-methyl/N-ethyl adjacent to an activating group) is 1. The topological polar surface area (TPSA) is 59.9 Å². The van der Waals surface area contributed by atoms with Crippen molar-refractivity contribution < 1.29 is 31.9 Å². The Balaban J connectivity index is 2.33. The molecule has 0 aliphatic carbocycles. The third-order valence-electron chi connectivity index (χ3n) is 3.61. The van der Waals surface area contributed by atoms with E-state index in [4.69, 9.17) is 16.3 Å². The summed E-state index contributed by atoms with van der Waals surface area (Å²) in [6.07, 6.45) is -4.88. The van der Waals surface area contributed by atoms with Crippen molar-refractivity contribution in [2.45, 2.75) is 12.8 Å². The molecule has 5 nitrogen and oxygen atoms in total. The predicted octanol–water partition coefficient (Wildman–Crippen LogP) is 4.17. The molecule has 0 saturated heterocycles. The zero-order chi connectivity index (χ0) is 20.9. The molecule has 2 aromatic carbocycles. The Hall–Kier alpha value is -2.81. The number of rotatable bonds is 6. The summed E-state index contributed by atoms with van der Waals surface area (Å²) in [4.78, 5) is 16.7. The van der Waals surface area contributed by atoms with Crippen molar-refractivity contribution in [3.8, 4) is 5.75 Å². The van der Waals surface area contributed by atoms with Gasteiger partial charge in [-0.3, -0.25) is 4.79 Å². The number of amides is 1. The van der Waals surface area contributed by atoms with Crippen LogP contribution in [0.15, 0.2) is 41.6 Å². The molecule has 2 aromatic rings. The lowest BCUT2D eigenvalue weighted by molar-refractivity contribution is -0.140. The average Bonchev–Trinajstić information content (AvgIpc) is 2.65. The van der Waals surface area contributed by atoms with Crippen molar-refractivity contribution in [2.24, 2.45) is 5.16 Å². The minimum Gasteiger partial charge on any atom is -0.487 e. The maximum absolute atomic E-state index is 13.8. The second-order valence-corrected chi connectivity index (χ2v) is 5.81. The Morgan fingerprint density at radius 2 is 1.93 bits per heavy atom. The fourth-order valence-electron chi connectivity index (χ4n) is 2.31. The molecule has 0 aliphatic rings. The van der Waals surface area contributed by atoms with Crippen LogP contribution >= 0.6 is 11.6 Å². The fraction of sp³-hybridized carbons (Fsp3) is 0.222. The molecular formula is C18H15ClF4N2O3. The summed E-state index contributed by atoms with van der Waals surface area (Å²) in [6, 6.07) is 7.53. The number of carbonyl (C=O) groups excluding carboxylic acids is 1. The molecule has 150 valence electrons. The highest BCUT2D eigenvalue weighted by atomic mass is 35.5. The first-order valence-electron chi connectivity index (χ1n) is 7.79. The molecule has 1 amide bonds. The maximum Gasteiger partial charge on any atom is 0.419 e. The predicted molar refractivity (Wildman–Crippen MR) is 94.8 cm³/mol. The van der Waals surface area contributed by atoms with Gasteiger partial charge < -0.3 is 14.9 Å². The fourth-order valence-corrected chi connectivity index (χ4v) is 2.53. The third-order valence-corrected chi connectivity index (χ3v) is 3.90. The molecule has 1 N–H and O–H groups in total. The van der Waals surface area contributed by atoms with Gasteiger partial charge in [0.2, 0.25) is 0 Å². The van der Waals surface area contributed by atoms with E-state index in [1.807, 2.05) is 0 Å². The van der Waals surface area contributed by atoms with Gasteiger partial charge in [0, 0.05) is 18.7 Å². The number of oxime groups is 1. The van der Waals surface area contributed by atoms with Gasteiger partial charge in [-0.25, -0.2) is 4.39 Å². The molecule has 2 rings (SSSR count). The zero-order valence-corrected chi connectivity index (χ0v) is 15.5. The molecular weight excluding hydrogens is 404 g/mol. The number of carbonyl (C=O) groups is 1. The molecule has 10 heteroatoms. The van der Waals surface area contributed by atoms with E-state index in [-0.39, 0.29) is 18.1 Å². The van der Waals surface area contributed by atoms with Crippen LogP contribution in [0, 0.1) is 5.82 Å². The first-order chi connectivity index (χ1) is 13.2. The van der Waals surface area contributed by atoms with Crippen LogP contribution in [0.3, 0.4) is 0 Å². The van der Waals surface area contributed by atoms with Gasteiger partial charge in [-0.2, -0.15) is 13.2 Å². The standard InChI is InChI=1S/C18H15ClF4N2O3/c1-24-17(26)16(25-27-2)11-6-4-3-5-10(11)9-28-15-8-14(20)12(7-13(15)19)18(21,22)23/h3-8H,9H2,1-2H3,(H,24,26)/b25-16-. The normalized spacial score (nSPS) is 11.9. The van der Waals surface area contributed by atoms with Gasteiger partial charge in [0.25, 0.3) is 5.91 Å². The van der Waals surface area contributed by atoms with Crippen LogP contribution in [0.5, 0.6) is 5.75 Å². The van der Waals surface area contributed by atoms with E-state index in [0.717, 1.165) is 0 Å². The second kappa shape index (κ2) is 8.92. The molecule has 0 unspecified atom stereocenters. The smallest absolute Gasteiger partial charge is 0.419 e. The SMILES string of the molecule is CNC(=O)/C(=N\OC)c1ccccc1COc1cc(F)c(C(F)(F)F)cc1Cl. The number of hydrogen-bond acceptors (Lipinski definition) is 4.